The molecule has 1 aliphatic rings. The number of nitrogens with zero attached hydrogens (tertiary/aromatic N) is 2. The van der Waals surface area contributed by atoms with E-state index in [0.29, 0.717) is 6.17 Å². The number of hydrogen-bond donors (Lipinski definition) is 0. The minimum Gasteiger partial charge on any atom is -0.359 e. The van der Waals surface area contributed by atoms with Gasteiger partial charge in [-0.05, 0) is 45.5 Å². The van der Waals surface area contributed by atoms with E-state index in [4.69, 9.17) is 0 Å². The zero-order valence-electron chi connectivity index (χ0n) is 11.9. The number of likely N-dealkylation sites (N-methyl/N-ethyl adjacent to an activating group) is 2. The summed E-state index contributed by atoms with van der Waals surface area (Å²) in [4.78, 5) is 4.73. The smallest absolute Gasteiger partial charge is 0.103 e. The van der Waals surface area contributed by atoms with Crippen molar-refractivity contribution in [1.29, 1.82) is 0 Å². The predicted octanol–water partition coefficient (Wildman–Crippen LogP) is 3.62. The number of rotatable bonds is 7. The average molecular weight is 236 g/mol. The largest absolute Gasteiger partial charge is 0.359 e. The molecule has 0 N–H and O–H groups in total. The van der Waals surface area contributed by atoms with Crippen LogP contribution in [0.4, 0.5) is 0 Å². The Morgan fingerprint density at radius 1 is 1.18 bits per heavy atom. The van der Waals surface area contributed by atoms with Gasteiger partial charge >= 0.3 is 0 Å². The van der Waals surface area contributed by atoms with Crippen molar-refractivity contribution in [2.45, 2.75) is 52.1 Å². The molecule has 2 nitrogen and oxygen atoms in total. The highest BCUT2D eigenvalue weighted by atomic mass is 15.3. The van der Waals surface area contributed by atoms with Gasteiger partial charge in [-0.25, -0.2) is 0 Å². The summed E-state index contributed by atoms with van der Waals surface area (Å²) in [7, 11) is 4.35. The predicted molar refractivity (Wildman–Crippen MR) is 75.8 cm³/mol. The molecule has 0 fully saturated rings. The van der Waals surface area contributed by atoms with Crippen LogP contribution in [0.1, 0.15) is 46.0 Å². The fourth-order valence-electron chi connectivity index (χ4n) is 2.53. The van der Waals surface area contributed by atoms with Gasteiger partial charge < -0.3 is 4.90 Å². The lowest BCUT2D eigenvalue weighted by molar-refractivity contribution is 0.154. The topological polar surface area (TPSA) is 6.48 Å². The number of allylic oxidation sites excluding steroid dienone is 2. The van der Waals surface area contributed by atoms with Crippen LogP contribution in [0.15, 0.2) is 23.9 Å². The van der Waals surface area contributed by atoms with Crippen molar-refractivity contribution in [3.8, 4) is 0 Å². The van der Waals surface area contributed by atoms with Crippen molar-refractivity contribution in [3.63, 3.8) is 0 Å². The van der Waals surface area contributed by atoms with E-state index in [2.05, 4.69) is 56.1 Å². The molecular weight excluding hydrogens is 208 g/mol. The van der Waals surface area contributed by atoms with Crippen molar-refractivity contribution in [3.05, 3.63) is 23.9 Å². The molecule has 0 aliphatic carbocycles. The third kappa shape index (κ3) is 4.19. The SMILES string of the molecule is CCCCCCC1=CC=CN(CC)C1N(C)C. The van der Waals surface area contributed by atoms with Crippen molar-refractivity contribution < 1.29 is 0 Å². The summed E-state index contributed by atoms with van der Waals surface area (Å²) >= 11 is 0. The first kappa shape index (κ1) is 14.3. The van der Waals surface area contributed by atoms with Crippen LogP contribution < -0.4 is 0 Å². The highest BCUT2D eigenvalue weighted by molar-refractivity contribution is 5.22. The van der Waals surface area contributed by atoms with Crippen LogP contribution in [-0.4, -0.2) is 36.6 Å². The minimum absolute atomic E-state index is 0.464. The Labute approximate surface area is 107 Å². The molecule has 1 aliphatic heterocycles. The van der Waals surface area contributed by atoms with Crippen LogP contribution in [0.5, 0.6) is 0 Å². The Morgan fingerprint density at radius 2 is 1.94 bits per heavy atom. The normalized spacial score (nSPS) is 19.9. The van der Waals surface area contributed by atoms with E-state index in [-0.39, 0.29) is 0 Å². The lowest BCUT2D eigenvalue weighted by atomic mass is 10.0. The summed E-state index contributed by atoms with van der Waals surface area (Å²) in [5, 5.41) is 0. The van der Waals surface area contributed by atoms with Crippen molar-refractivity contribution in [1.82, 2.24) is 9.80 Å². The van der Waals surface area contributed by atoms with E-state index >= 15 is 0 Å². The summed E-state index contributed by atoms with van der Waals surface area (Å²) in [5.74, 6) is 0. The Morgan fingerprint density at radius 3 is 2.53 bits per heavy atom. The number of unbranched alkanes of at least 4 members (excludes halogenated alkanes) is 3. The molecule has 0 spiro atoms. The quantitative estimate of drug-likeness (QED) is 0.623. The van der Waals surface area contributed by atoms with Crippen LogP contribution in [0.2, 0.25) is 0 Å². The molecule has 1 atom stereocenters. The van der Waals surface area contributed by atoms with Gasteiger partial charge in [-0.15, -0.1) is 0 Å². The van der Waals surface area contributed by atoms with Gasteiger partial charge in [0.25, 0.3) is 0 Å². The molecule has 2 heteroatoms. The monoisotopic (exact) mass is 236 g/mol. The maximum absolute atomic E-state index is 2.41. The molecule has 0 aromatic carbocycles. The fraction of sp³-hybridized carbons (Fsp3) is 0.733. The van der Waals surface area contributed by atoms with Crippen LogP contribution >= 0.6 is 0 Å². The van der Waals surface area contributed by atoms with Crippen LogP contribution in [0.3, 0.4) is 0 Å². The maximum atomic E-state index is 2.41. The van der Waals surface area contributed by atoms with E-state index in [0.717, 1.165) is 6.54 Å². The molecule has 1 rings (SSSR count). The molecule has 0 bridgehead atoms. The van der Waals surface area contributed by atoms with Crippen molar-refractivity contribution in [2.24, 2.45) is 0 Å². The minimum atomic E-state index is 0.464. The molecular formula is C15H28N2. The van der Waals surface area contributed by atoms with Gasteiger partial charge in [0.2, 0.25) is 0 Å². The Hall–Kier alpha value is -0.760. The standard InChI is InChI=1S/C15H28N2/c1-5-7-8-9-11-14-12-10-13-17(6-2)15(14)16(3)4/h10,12-13,15H,5-9,11H2,1-4H3. The van der Waals surface area contributed by atoms with E-state index < -0.39 is 0 Å². The summed E-state index contributed by atoms with van der Waals surface area (Å²) in [6, 6.07) is 0. The average Bonchev–Trinajstić information content (AvgIpc) is 2.33. The van der Waals surface area contributed by atoms with Gasteiger partial charge in [0.05, 0.1) is 0 Å². The molecule has 0 amide bonds. The third-order valence-corrected chi connectivity index (χ3v) is 3.41. The highest BCUT2D eigenvalue weighted by Crippen LogP contribution is 2.23. The number of hydrogen-bond acceptors (Lipinski definition) is 2. The first-order valence-corrected chi connectivity index (χ1v) is 7.00. The lowest BCUT2D eigenvalue weighted by Crippen LogP contribution is -2.44. The zero-order chi connectivity index (χ0) is 12.7. The summed E-state index contributed by atoms with van der Waals surface area (Å²) in [6.45, 7) is 5.57. The van der Waals surface area contributed by atoms with Gasteiger partial charge in [0.1, 0.15) is 6.17 Å². The molecule has 0 radical (unpaired) electrons. The van der Waals surface area contributed by atoms with E-state index in [9.17, 15) is 0 Å². The second-order valence-electron chi connectivity index (χ2n) is 5.06. The van der Waals surface area contributed by atoms with Gasteiger partial charge in [-0.3, -0.25) is 4.90 Å². The van der Waals surface area contributed by atoms with Gasteiger partial charge in [0.15, 0.2) is 0 Å². The first-order chi connectivity index (χ1) is 8.20. The van der Waals surface area contributed by atoms with Gasteiger partial charge in [-0.1, -0.05) is 32.3 Å². The van der Waals surface area contributed by atoms with E-state index in [1.165, 1.54) is 32.1 Å². The summed E-state index contributed by atoms with van der Waals surface area (Å²) in [5.41, 5.74) is 1.57. The van der Waals surface area contributed by atoms with Crippen molar-refractivity contribution >= 4 is 0 Å². The molecule has 17 heavy (non-hydrogen) atoms. The summed E-state index contributed by atoms with van der Waals surface area (Å²) < 4.78 is 0. The van der Waals surface area contributed by atoms with Gasteiger partial charge in [0, 0.05) is 12.7 Å². The molecule has 0 saturated heterocycles. The molecule has 0 aromatic rings. The van der Waals surface area contributed by atoms with Crippen LogP contribution in [-0.2, 0) is 0 Å². The highest BCUT2D eigenvalue weighted by Gasteiger charge is 2.22. The zero-order valence-corrected chi connectivity index (χ0v) is 11.9. The Bertz CT molecular complexity index is 266. The van der Waals surface area contributed by atoms with E-state index in [1.54, 1.807) is 5.57 Å². The maximum Gasteiger partial charge on any atom is 0.103 e. The van der Waals surface area contributed by atoms with Crippen LogP contribution in [0, 0.1) is 0 Å². The lowest BCUT2D eigenvalue weighted by Gasteiger charge is -2.38. The summed E-state index contributed by atoms with van der Waals surface area (Å²) in [6.07, 6.45) is 13.8. The first-order valence-electron chi connectivity index (χ1n) is 7.00. The van der Waals surface area contributed by atoms with Gasteiger partial charge in [-0.2, -0.15) is 0 Å². The second-order valence-corrected chi connectivity index (χ2v) is 5.06. The Balaban J connectivity index is 2.54. The molecule has 1 heterocycles. The van der Waals surface area contributed by atoms with Crippen LogP contribution in [0.25, 0.3) is 0 Å². The second kappa shape index (κ2) is 7.54. The van der Waals surface area contributed by atoms with E-state index in [1.807, 2.05) is 0 Å². The molecule has 1 unspecified atom stereocenters. The Kier molecular flexibility index (Phi) is 6.35. The molecule has 98 valence electrons. The third-order valence-electron chi connectivity index (χ3n) is 3.41. The fourth-order valence-corrected chi connectivity index (χ4v) is 2.53. The molecule has 0 aromatic heterocycles. The van der Waals surface area contributed by atoms with Crippen molar-refractivity contribution in [2.75, 3.05) is 20.6 Å². The molecule has 0 saturated carbocycles.